The Morgan fingerprint density at radius 2 is 1.66 bits per heavy atom. The van der Waals surface area contributed by atoms with Gasteiger partial charge in [0.2, 0.25) is 5.91 Å². The molecule has 2 heterocycles. The molecule has 0 bridgehead atoms. The molecule has 2 aliphatic rings. The molecule has 0 saturated carbocycles. The number of imide groups is 1. The first-order valence-electron chi connectivity index (χ1n) is 9.57. The molecule has 2 aromatic rings. The van der Waals surface area contributed by atoms with Crippen LogP contribution < -0.4 is 10.2 Å². The van der Waals surface area contributed by atoms with Crippen molar-refractivity contribution in [1.82, 2.24) is 4.90 Å². The molecule has 7 nitrogen and oxygen atoms in total. The van der Waals surface area contributed by atoms with Crippen molar-refractivity contribution in [1.29, 1.82) is 0 Å². The second-order valence-electron chi connectivity index (χ2n) is 7.85. The Morgan fingerprint density at radius 1 is 1.03 bits per heavy atom. The van der Waals surface area contributed by atoms with Gasteiger partial charge in [-0.2, -0.15) is 0 Å². The van der Waals surface area contributed by atoms with Crippen LogP contribution in [0.4, 0.5) is 11.4 Å². The Balaban J connectivity index is 1.41. The Bertz CT molecular complexity index is 933. The molecule has 2 aliphatic heterocycles. The van der Waals surface area contributed by atoms with E-state index >= 15 is 0 Å². The minimum Gasteiger partial charge on any atom is -0.377 e. The van der Waals surface area contributed by atoms with E-state index in [0.717, 1.165) is 17.1 Å². The number of carbonyl (C=O) groups excluding carboxylic acids is 3. The zero-order valence-electron chi connectivity index (χ0n) is 16.5. The van der Waals surface area contributed by atoms with Crippen molar-refractivity contribution in [2.75, 3.05) is 36.5 Å². The zero-order valence-corrected chi connectivity index (χ0v) is 16.5. The average Bonchev–Trinajstić information content (AvgIpc) is 2.94. The molecule has 29 heavy (non-hydrogen) atoms. The summed E-state index contributed by atoms with van der Waals surface area (Å²) in [5.74, 6) is -1.30. The molecule has 0 atom stereocenters. The van der Waals surface area contributed by atoms with Gasteiger partial charge in [-0.3, -0.25) is 19.3 Å². The molecule has 4 rings (SSSR count). The summed E-state index contributed by atoms with van der Waals surface area (Å²) in [5, 5.41) is 2.76. The smallest absolute Gasteiger partial charge is 0.262 e. The normalized spacial score (nSPS) is 18.0. The number of fused-ring (bicyclic) bond motifs is 1. The number of benzene rings is 2. The highest BCUT2D eigenvalue weighted by Gasteiger charge is 2.36. The minimum atomic E-state index is -0.439. The van der Waals surface area contributed by atoms with Crippen LogP contribution >= 0.6 is 0 Å². The number of anilines is 2. The number of amides is 3. The fourth-order valence-electron chi connectivity index (χ4n) is 3.79. The van der Waals surface area contributed by atoms with Crippen molar-refractivity contribution < 1.29 is 19.1 Å². The lowest BCUT2D eigenvalue weighted by atomic mass is 10.0. The molecule has 2 aromatic carbocycles. The van der Waals surface area contributed by atoms with Gasteiger partial charge in [-0.15, -0.1) is 0 Å². The Labute approximate surface area is 169 Å². The summed E-state index contributed by atoms with van der Waals surface area (Å²) < 4.78 is 5.56. The summed E-state index contributed by atoms with van der Waals surface area (Å²) in [6.45, 7) is 6.09. The van der Waals surface area contributed by atoms with Gasteiger partial charge >= 0.3 is 0 Å². The number of hydrogen-bond acceptors (Lipinski definition) is 5. The zero-order chi connectivity index (χ0) is 20.6. The molecule has 1 saturated heterocycles. The van der Waals surface area contributed by atoms with Crippen LogP contribution in [0.3, 0.4) is 0 Å². The van der Waals surface area contributed by atoms with Gasteiger partial charge in [0.05, 0.1) is 29.9 Å². The Morgan fingerprint density at radius 3 is 2.24 bits per heavy atom. The van der Waals surface area contributed by atoms with Crippen LogP contribution in [0.1, 0.15) is 34.6 Å². The van der Waals surface area contributed by atoms with Crippen molar-refractivity contribution >= 4 is 29.1 Å². The first kappa shape index (κ1) is 19.1. The van der Waals surface area contributed by atoms with Crippen LogP contribution in [0.25, 0.3) is 0 Å². The van der Waals surface area contributed by atoms with Gasteiger partial charge in [0.25, 0.3) is 11.8 Å². The lowest BCUT2D eigenvalue weighted by molar-refractivity contribution is -0.116. The van der Waals surface area contributed by atoms with Crippen LogP contribution in [0.15, 0.2) is 48.5 Å². The Kier molecular flexibility index (Phi) is 4.84. The lowest BCUT2D eigenvalue weighted by Gasteiger charge is -2.43. The summed E-state index contributed by atoms with van der Waals surface area (Å²) >= 11 is 0. The summed E-state index contributed by atoms with van der Waals surface area (Å²) in [6, 6.07) is 14.1. The lowest BCUT2D eigenvalue weighted by Crippen LogP contribution is -2.53. The average molecular weight is 393 g/mol. The predicted octanol–water partition coefficient (Wildman–Crippen LogP) is 2.54. The van der Waals surface area contributed by atoms with E-state index in [1.807, 2.05) is 24.3 Å². The van der Waals surface area contributed by atoms with Crippen LogP contribution in [0, 0.1) is 0 Å². The maximum absolute atomic E-state index is 12.4. The number of morpholine rings is 1. The van der Waals surface area contributed by atoms with Gasteiger partial charge in [-0.25, -0.2) is 0 Å². The SMILES string of the molecule is CC1(C)COCCN1c1ccc(NC(=O)CN2C(=O)c3ccccc3C2=O)cc1. The van der Waals surface area contributed by atoms with E-state index in [4.69, 9.17) is 4.74 Å². The van der Waals surface area contributed by atoms with Crippen molar-refractivity contribution in [2.24, 2.45) is 0 Å². The van der Waals surface area contributed by atoms with E-state index in [-0.39, 0.29) is 12.1 Å². The molecule has 1 fully saturated rings. The van der Waals surface area contributed by atoms with Gasteiger partial charge in [0.15, 0.2) is 0 Å². The van der Waals surface area contributed by atoms with E-state index < -0.39 is 17.7 Å². The summed E-state index contributed by atoms with van der Waals surface area (Å²) in [6.07, 6.45) is 0. The van der Waals surface area contributed by atoms with Crippen LogP contribution in [-0.2, 0) is 9.53 Å². The molecule has 150 valence electrons. The van der Waals surface area contributed by atoms with Crippen LogP contribution in [0.5, 0.6) is 0 Å². The van der Waals surface area contributed by atoms with E-state index in [1.165, 1.54) is 0 Å². The molecule has 3 amide bonds. The molecule has 0 spiro atoms. The number of hydrogen-bond donors (Lipinski definition) is 1. The predicted molar refractivity (Wildman–Crippen MR) is 109 cm³/mol. The second kappa shape index (κ2) is 7.33. The fraction of sp³-hybridized carbons (Fsp3) is 0.318. The topological polar surface area (TPSA) is 79.0 Å². The first-order chi connectivity index (χ1) is 13.9. The van der Waals surface area contributed by atoms with Crippen molar-refractivity contribution in [2.45, 2.75) is 19.4 Å². The van der Waals surface area contributed by atoms with Gasteiger partial charge in [0.1, 0.15) is 6.54 Å². The summed E-state index contributed by atoms with van der Waals surface area (Å²) in [5.41, 5.74) is 2.23. The van der Waals surface area contributed by atoms with E-state index in [1.54, 1.807) is 24.3 Å². The maximum atomic E-state index is 12.4. The number of rotatable bonds is 4. The van der Waals surface area contributed by atoms with Gasteiger partial charge in [-0.1, -0.05) is 12.1 Å². The first-order valence-corrected chi connectivity index (χ1v) is 9.57. The van der Waals surface area contributed by atoms with Crippen molar-refractivity contribution in [3.05, 3.63) is 59.7 Å². The summed E-state index contributed by atoms with van der Waals surface area (Å²) in [4.78, 5) is 40.4. The monoisotopic (exact) mass is 393 g/mol. The van der Waals surface area contributed by atoms with E-state index in [9.17, 15) is 14.4 Å². The van der Waals surface area contributed by atoms with E-state index in [2.05, 4.69) is 24.1 Å². The van der Waals surface area contributed by atoms with Gasteiger partial charge in [-0.05, 0) is 50.2 Å². The third kappa shape index (κ3) is 3.61. The van der Waals surface area contributed by atoms with Gasteiger partial charge in [0, 0.05) is 17.9 Å². The molecular weight excluding hydrogens is 370 g/mol. The number of carbonyl (C=O) groups is 3. The number of nitrogens with zero attached hydrogens (tertiary/aromatic N) is 2. The van der Waals surface area contributed by atoms with Crippen LogP contribution in [0.2, 0.25) is 0 Å². The summed E-state index contributed by atoms with van der Waals surface area (Å²) in [7, 11) is 0. The molecular formula is C22H23N3O4. The highest BCUT2D eigenvalue weighted by Crippen LogP contribution is 2.28. The number of nitrogens with one attached hydrogen (secondary N) is 1. The standard InChI is InChI=1S/C22H23N3O4/c1-22(2)14-29-12-11-25(22)16-9-7-15(8-10-16)23-19(26)13-24-20(27)17-5-3-4-6-18(17)21(24)28/h3-10H,11-14H2,1-2H3,(H,23,26). The van der Waals surface area contributed by atoms with Gasteiger partial charge < -0.3 is 15.0 Å². The molecule has 1 N–H and O–H groups in total. The third-order valence-electron chi connectivity index (χ3n) is 5.29. The molecule has 0 aliphatic carbocycles. The molecule has 7 heteroatoms. The molecule has 0 aromatic heterocycles. The van der Waals surface area contributed by atoms with Crippen molar-refractivity contribution in [3.8, 4) is 0 Å². The highest BCUT2D eigenvalue weighted by atomic mass is 16.5. The highest BCUT2D eigenvalue weighted by molar-refractivity contribution is 6.22. The molecule has 0 radical (unpaired) electrons. The van der Waals surface area contributed by atoms with Crippen molar-refractivity contribution in [3.63, 3.8) is 0 Å². The molecule has 0 unspecified atom stereocenters. The van der Waals surface area contributed by atoms with E-state index in [0.29, 0.717) is 30.0 Å². The minimum absolute atomic E-state index is 0.103. The quantitative estimate of drug-likeness (QED) is 0.808. The van der Waals surface area contributed by atoms with Crippen LogP contribution in [-0.4, -0.2) is 54.5 Å². The fourth-order valence-corrected chi connectivity index (χ4v) is 3.79. The number of ether oxygens (including phenoxy) is 1. The maximum Gasteiger partial charge on any atom is 0.262 e. The Hall–Kier alpha value is -3.19. The second-order valence-corrected chi connectivity index (χ2v) is 7.85. The third-order valence-corrected chi connectivity index (χ3v) is 5.29. The largest absolute Gasteiger partial charge is 0.377 e.